The summed E-state index contributed by atoms with van der Waals surface area (Å²) in [4.78, 5) is 23.6. The molecule has 0 spiro atoms. The van der Waals surface area contributed by atoms with Crippen molar-refractivity contribution in [1.29, 1.82) is 0 Å². The van der Waals surface area contributed by atoms with Gasteiger partial charge in [-0.2, -0.15) is 0 Å². The zero-order valence-electron chi connectivity index (χ0n) is 12.8. The van der Waals surface area contributed by atoms with E-state index in [-0.39, 0.29) is 12.2 Å². The maximum Gasteiger partial charge on any atom is 0.338 e. The second-order valence-electron chi connectivity index (χ2n) is 4.86. The van der Waals surface area contributed by atoms with Gasteiger partial charge in [0.15, 0.2) is 6.61 Å². The number of amides is 1. The van der Waals surface area contributed by atoms with Crippen molar-refractivity contribution in [3.05, 3.63) is 63.6 Å². The molecule has 1 amide bonds. The molecule has 7 heteroatoms. The third kappa shape index (κ3) is 5.44. The molecule has 126 valence electrons. The molecule has 0 saturated carbocycles. The van der Waals surface area contributed by atoms with Gasteiger partial charge in [-0.15, -0.1) is 0 Å². The molecule has 0 heterocycles. The topological polar surface area (TPSA) is 64.6 Å². The highest BCUT2D eigenvalue weighted by Gasteiger charge is 2.11. The fraction of sp³-hybridized carbons (Fsp3) is 0.176. The van der Waals surface area contributed by atoms with Gasteiger partial charge in [0.2, 0.25) is 0 Å². The Labute approximate surface area is 149 Å². The van der Waals surface area contributed by atoms with E-state index in [1.165, 1.54) is 18.2 Å². The molecule has 0 aromatic heterocycles. The third-order valence-corrected chi connectivity index (χ3v) is 3.52. The zero-order valence-corrected chi connectivity index (χ0v) is 14.4. The van der Waals surface area contributed by atoms with Gasteiger partial charge in [-0.25, -0.2) is 4.79 Å². The standard InChI is InChI=1S/C17H15Cl2NO4/c1-23-15-4-2-11(3-5-15)9-20-16(21)10-24-17(22)12-6-13(18)8-14(19)7-12/h2-8H,9-10H2,1H3,(H,20,21). The first-order valence-corrected chi connectivity index (χ1v) is 7.76. The third-order valence-electron chi connectivity index (χ3n) is 3.08. The molecule has 0 saturated heterocycles. The summed E-state index contributed by atoms with van der Waals surface area (Å²) in [6.45, 7) is -0.0670. The number of carbonyl (C=O) groups is 2. The molecular weight excluding hydrogens is 353 g/mol. The maximum atomic E-state index is 11.9. The smallest absolute Gasteiger partial charge is 0.338 e. The summed E-state index contributed by atoms with van der Waals surface area (Å²) >= 11 is 11.6. The molecule has 5 nitrogen and oxygen atoms in total. The van der Waals surface area contributed by atoms with Gasteiger partial charge in [-0.1, -0.05) is 35.3 Å². The van der Waals surface area contributed by atoms with Crippen molar-refractivity contribution >= 4 is 35.1 Å². The van der Waals surface area contributed by atoms with E-state index in [2.05, 4.69) is 5.32 Å². The molecule has 2 aromatic carbocycles. The van der Waals surface area contributed by atoms with Crippen molar-refractivity contribution in [2.24, 2.45) is 0 Å². The van der Waals surface area contributed by atoms with Gasteiger partial charge in [0.05, 0.1) is 12.7 Å². The minimum absolute atomic E-state index is 0.190. The van der Waals surface area contributed by atoms with Crippen LogP contribution in [0.15, 0.2) is 42.5 Å². The molecule has 1 N–H and O–H groups in total. The van der Waals surface area contributed by atoms with Crippen LogP contribution in [-0.2, 0) is 16.1 Å². The summed E-state index contributed by atoms with van der Waals surface area (Å²) in [5.74, 6) is -0.342. The molecule has 0 aliphatic carbocycles. The van der Waals surface area contributed by atoms with Gasteiger partial charge in [-0.05, 0) is 35.9 Å². The number of rotatable bonds is 6. The van der Waals surface area contributed by atoms with E-state index in [9.17, 15) is 9.59 Å². The molecule has 0 radical (unpaired) electrons. The molecule has 24 heavy (non-hydrogen) atoms. The second kappa shape index (κ2) is 8.57. The summed E-state index contributed by atoms with van der Waals surface area (Å²) in [7, 11) is 1.58. The van der Waals surface area contributed by atoms with E-state index in [1.54, 1.807) is 19.2 Å². The highest BCUT2D eigenvalue weighted by atomic mass is 35.5. The van der Waals surface area contributed by atoms with Gasteiger partial charge in [-0.3, -0.25) is 4.79 Å². The summed E-state index contributed by atoms with van der Waals surface area (Å²) in [5.41, 5.74) is 1.09. The van der Waals surface area contributed by atoms with Crippen LogP contribution in [0.4, 0.5) is 0 Å². The minimum atomic E-state index is -0.668. The number of ether oxygens (including phenoxy) is 2. The Hall–Kier alpha value is -2.24. The van der Waals surface area contributed by atoms with Crippen LogP contribution < -0.4 is 10.1 Å². The van der Waals surface area contributed by atoms with Gasteiger partial charge in [0, 0.05) is 16.6 Å². The quantitative estimate of drug-likeness (QED) is 0.793. The van der Waals surface area contributed by atoms with E-state index in [4.69, 9.17) is 32.7 Å². The average molecular weight is 368 g/mol. The van der Waals surface area contributed by atoms with E-state index in [0.717, 1.165) is 11.3 Å². The average Bonchev–Trinajstić information content (AvgIpc) is 2.57. The van der Waals surface area contributed by atoms with Crippen LogP contribution in [0.3, 0.4) is 0 Å². The van der Waals surface area contributed by atoms with Crippen molar-refractivity contribution in [1.82, 2.24) is 5.32 Å². The summed E-state index contributed by atoms with van der Waals surface area (Å²) in [6.07, 6.45) is 0. The number of nitrogens with one attached hydrogen (secondary N) is 1. The van der Waals surface area contributed by atoms with E-state index in [0.29, 0.717) is 16.6 Å². The number of carbonyl (C=O) groups excluding carboxylic acids is 2. The SMILES string of the molecule is COc1ccc(CNC(=O)COC(=O)c2cc(Cl)cc(Cl)c2)cc1. The lowest BCUT2D eigenvalue weighted by Gasteiger charge is -2.08. The first-order chi connectivity index (χ1) is 11.5. The van der Waals surface area contributed by atoms with Crippen molar-refractivity contribution < 1.29 is 19.1 Å². The van der Waals surface area contributed by atoms with E-state index < -0.39 is 11.9 Å². The Morgan fingerprint density at radius 3 is 2.25 bits per heavy atom. The van der Waals surface area contributed by atoms with Crippen LogP contribution in [0.25, 0.3) is 0 Å². The highest BCUT2D eigenvalue weighted by molar-refractivity contribution is 6.35. The van der Waals surface area contributed by atoms with Crippen LogP contribution in [0.1, 0.15) is 15.9 Å². The molecule has 0 aliphatic heterocycles. The van der Waals surface area contributed by atoms with Crippen LogP contribution >= 0.6 is 23.2 Å². The maximum absolute atomic E-state index is 11.9. The van der Waals surface area contributed by atoms with Crippen molar-refractivity contribution in [3.63, 3.8) is 0 Å². The minimum Gasteiger partial charge on any atom is -0.497 e. The molecule has 2 aromatic rings. The number of hydrogen-bond donors (Lipinski definition) is 1. The monoisotopic (exact) mass is 367 g/mol. The largest absolute Gasteiger partial charge is 0.497 e. The van der Waals surface area contributed by atoms with Gasteiger partial charge in [0.25, 0.3) is 5.91 Å². The van der Waals surface area contributed by atoms with E-state index >= 15 is 0 Å². The molecule has 0 atom stereocenters. The number of esters is 1. The van der Waals surface area contributed by atoms with Gasteiger partial charge >= 0.3 is 5.97 Å². The zero-order chi connectivity index (χ0) is 17.5. The second-order valence-corrected chi connectivity index (χ2v) is 5.73. The lowest BCUT2D eigenvalue weighted by atomic mass is 10.2. The molecule has 0 unspecified atom stereocenters. The van der Waals surface area contributed by atoms with Crippen LogP contribution in [0, 0.1) is 0 Å². The van der Waals surface area contributed by atoms with Crippen molar-refractivity contribution in [2.45, 2.75) is 6.54 Å². The molecule has 0 aliphatic rings. The van der Waals surface area contributed by atoms with Crippen LogP contribution in [-0.4, -0.2) is 25.6 Å². The lowest BCUT2D eigenvalue weighted by molar-refractivity contribution is -0.124. The van der Waals surface area contributed by atoms with E-state index in [1.807, 2.05) is 12.1 Å². The number of halogens is 2. The summed E-state index contributed by atoms with van der Waals surface area (Å²) in [5, 5.41) is 3.29. The Kier molecular flexibility index (Phi) is 6.46. The normalized spacial score (nSPS) is 10.1. The summed E-state index contributed by atoms with van der Waals surface area (Å²) in [6, 6.07) is 11.6. The van der Waals surface area contributed by atoms with Crippen molar-refractivity contribution in [3.8, 4) is 5.75 Å². The van der Waals surface area contributed by atoms with Gasteiger partial charge in [0.1, 0.15) is 5.75 Å². The fourth-order valence-corrected chi connectivity index (χ4v) is 2.41. The molecule has 0 fully saturated rings. The number of benzene rings is 2. The van der Waals surface area contributed by atoms with Crippen molar-refractivity contribution in [2.75, 3.05) is 13.7 Å². The predicted octanol–water partition coefficient (Wildman–Crippen LogP) is 3.48. The van der Waals surface area contributed by atoms with Gasteiger partial charge < -0.3 is 14.8 Å². The molecular formula is C17H15Cl2NO4. The molecule has 0 bridgehead atoms. The Morgan fingerprint density at radius 1 is 1.04 bits per heavy atom. The predicted molar refractivity (Wildman–Crippen MR) is 91.6 cm³/mol. The number of hydrogen-bond acceptors (Lipinski definition) is 4. The first-order valence-electron chi connectivity index (χ1n) is 7.01. The Morgan fingerprint density at radius 2 is 1.67 bits per heavy atom. The molecule has 2 rings (SSSR count). The highest BCUT2D eigenvalue weighted by Crippen LogP contribution is 2.19. The van der Waals surface area contributed by atoms with Crippen LogP contribution in [0.2, 0.25) is 10.0 Å². The Balaban J connectivity index is 1.80. The van der Waals surface area contributed by atoms with Crippen LogP contribution in [0.5, 0.6) is 5.75 Å². The lowest BCUT2D eigenvalue weighted by Crippen LogP contribution is -2.28. The first kappa shape index (κ1) is 18.1. The fourth-order valence-electron chi connectivity index (χ4n) is 1.88. The Bertz CT molecular complexity index is 712. The summed E-state index contributed by atoms with van der Waals surface area (Å²) < 4.78 is 9.99. The number of methoxy groups -OCH3 is 1.